The van der Waals surface area contributed by atoms with Gasteiger partial charge in [-0.1, -0.05) is 5.16 Å². The van der Waals surface area contributed by atoms with Gasteiger partial charge in [0.15, 0.2) is 5.76 Å². The number of amides is 1. The SMILES string of the molecule is O=C(Cc1ccncc1)NCc1cc(-c2ccco2)on1. The van der Waals surface area contributed by atoms with Gasteiger partial charge in [0.25, 0.3) is 0 Å². The molecular formula is C15H13N3O3. The normalized spacial score (nSPS) is 10.5. The van der Waals surface area contributed by atoms with Gasteiger partial charge >= 0.3 is 0 Å². The van der Waals surface area contributed by atoms with Crippen molar-refractivity contribution in [2.75, 3.05) is 0 Å². The predicted octanol–water partition coefficient (Wildman–Crippen LogP) is 2.19. The molecule has 0 aliphatic heterocycles. The molecule has 0 aliphatic carbocycles. The minimum atomic E-state index is -0.0799. The van der Waals surface area contributed by atoms with Gasteiger partial charge in [-0.3, -0.25) is 9.78 Å². The van der Waals surface area contributed by atoms with Crippen molar-refractivity contribution in [3.05, 3.63) is 60.2 Å². The lowest BCUT2D eigenvalue weighted by Crippen LogP contribution is -2.24. The third kappa shape index (κ3) is 3.36. The van der Waals surface area contributed by atoms with Gasteiger partial charge in [0.1, 0.15) is 5.69 Å². The fourth-order valence-corrected chi connectivity index (χ4v) is 1.87. The van der Waals surface area contributed by atoms with Crippen molar-refractivity contribution in [2.24, 2.45) is 0 Å². The molecule has 3 rings (SSSR count). The highest BCUT2D eigenvalue weighted by molar-refractivity contribution is 5.78. The van der Waals surface area contributed by atoms with Crippen LogP contribution in [-0.4, -0.2) is 16.0 Å². The molecule has 0 saturated heterocycles. The summed E-state index contributed by atoms with van der Waals surface area (Å²) < 4.78 is 10.4. The number of rotatable bonds is 5. The molecule has 6 nitrogen and oxygen atoms in total. The second-order valence-electron chi connectivity index (χ2n) is 4.47. The van der Waals surface area contributed by atoms with Crippen LogP contribution in [0.2, 0.25) is 0 Å². The molecule has 21 heavy (non-hydrogen) atoms. The quantitative estimate of drug-likeness (QED) is 0.776. The van der Waals surface area contributed by atoms with E-state index in [-0.39, 0.29) is 5.91 Å². The summed E-state index contributed by atoms with van der Waals surface area (Å²) in [5, 5.41) is 6.69. The molecule has 106 valence electrons. The monoisotopic (exact) mass is 283 g/mol. The number of furan rings is 1. The van der Waals surface area contributed by atoms with E-state index in [1.807, 2.05) is 12.1 Å². The molecule has 3 aromatic heterocycles. The molecular weight excluding hydrogens is 270 g/mol. The standard InChI is InChI=1S/C15H13N3O3/c19-15(8-11-3-5-16-6-4-11)17-10-12-9-14(21-18-12)13-2-1-7-20-13/h1-7,9H,8,10H2,(H,17,19). The minimum Gasteiger partial charge on any atom is -0.461 e. The minimum absolute atomic E-state index is 0.0799. The summed E-state index contributed by atoms with van der Waals surface area (Å²) in [7, 11) is 0. The first-order valence-corrected chi connectivity index (χ1v) is 6.46. The predicted molar refractivity (Wildman–Crippen MR) is 74.0 cm³/mol. The molecule has 0 atom stereocenters. The van der Waals surface area contributed by atoms with Crippen LogP contribution in [0.15, 0.2) is 57.9 Å². The zero-order chi connectivity index (χ0) is 14.5. The first-order chi connectivity index (χ1) is 10.3. The molecule has 1 amide bonds. The molecule has 0 radical (unpaired) electrons. The summed E-state index contributed by atoms with van der Waals surface area (Å²) in [6.45, 7) is 0.314. The Bertz CT molecular complexity index is 705. The van der Waals surface area contributed by atoms with Gasteiger partial charge in [0, 0.05) is 18.5 Å². The van der Waals surface area contributed by atoms with Gasteiger partial charge in [-0.25, -0.2) is 0 Å². The lowest BCUT2D eigenvalue weighted by Gasteiger charge is -2.02. The maximum absolute atomic E-state index is 11.8. The van der Waals surface area contributed by atoms with Gasteiger partial charge in [-0.15, -0.1) is 0 Å². The summed E-state index contributed by atoms with van der Waals surface area (Å²) in [4.78, 5) is 15.7. The smallest absolute Gasteiger partial charge is 0.224 e. The molecule has 0 fully saturated rings. The Morgan fingerprint density at radius 2 is 2.05 bits per heavy atom. The number of pyridine rings is 1. The van der Waals surface area contributed by atoms with Crippen LogP contribution in [0.25, 0.3) is 11.5 Å². The second kappa shape index (κ2) is 6.04. The zero-order valence-electron chi connectivity index (χ0n) is 11.2. The number of nitrogens with one attached hydrogen (secondary N) is 1. The summed E-state index contributed by atoms with van der Waals surface area (Å²) in [5.41, 5.74) is 1.56. The molecule has 0 bridgehead atoms. The summed E-state index contributed by atoms with van der Waals surface area (Å²) in [6.07, 6.45) is 5.20. The first kappa shape index (κ1) is 13.1. The van der Waals surface area contributed by atoms with Crippen molar-refractivity contribution in [3.8, 4) is 11.5 Å². The van der Waals surface area contributed by atoms with Gasteiger partial charge in [-0.05, 0) is 29.8 Å². The highest BCUT2D eigenvalue weighted by Gasteiger charge is 2.10. The van der Waals surface area contributed by atoms with E-state index in [1.54, 1.807) is 36.9 Å². The van der Waals surface area contributed by atoms with Crippen LogP contribution in [0.5, 0.6) is 0 Å². The highest BCUT2D eigenvalue weighted by Crippen LogP contribution is 2.20. The molecule has 0 aliphatic rings. The Morgan fingerprint density at radius 1 is 1.19 bits per heavy atom. The Kier molecular flexibility index (Phi) is 3.77. The van der Waals surface area contributed by atoms with E-state index in [4.69, 9.17) is 8.94 Å². The van der Waals surface area contributed by atoms with E-state index in [1.165, 1.54) is 0 Å². The van der Waals surface area contributed by atoms with Crippen LogP contribution in [0.1, 0.15) is 11.3 Å². The van der Waals surface area contributed by atoms with Gasteiger partial charge in [0.2, 0.25) is 11.7 Å². The number of carbonyl (C=O) groups excluding carboxylic acids is 1. The van der Waals surface area contributed by atoms with Gasteiger partial charge < -0.3 is 14.3 Å². The van der Waals surface area contributed by atoms with Crippen LogP contribution in [-0.2, 0) is 17.8 Å². The van der Waals surface area contributed by atoms with Crippen LogP contribution >= 0.6 is 0 Å². The number of hydrogen-bond acceptors (Lipinski definition) is 5. The molecule has 3 aromatic rings. The molecule has 0 spiro atoms. The summed E-state index contributed by atoms with van der Waals surface area (Å²) in [5.74, 6) is 1.07. The van der Waals surface area contributed by atoms with Crippen molar-refractivity contribution < 1.29 is 13.7 Å². The van der Waals surface area contributed by atoms with Crippen molar-refractivity contribution in [2.45, 2.75) is 13.0 Å². The maximum Gasteiger partial charge on any atom is 0.224 e. The third-order valence-electron chi connectivity index (χ3n) is 2.90. The Balaban J connectivity index is 1.54. The molecule has 0 unspecified atom stereocenters. The third-order valence-corrected chi connectivity index (χ3v) is 2.90. The summed E-state index contributed by atoms with van der Waals surface area (Å²) in [6, 6.07) is 8.92. The van der Waals surface area contributed by atoms with Gasteiger partial charge in [0.05, 0.1) is 19.2 Å². The fraction of sp³-hybridized carbons (Fsp3) is 0.133. The number of aromatic nitrogens is 2. The molecule has 6 heteroatoms. The summed E-state index contributed by atoms with van der Waals surface area (Å²) >= 11 is 0. The zero-order valence-corrected chi connectivity index (χ0v) is 11.2. The average molecular weight is 283 g/mol. The number of nitrogens with zero attached hydrogens (tertiary/aromatic N) is 2. The van der Waals surface area contributed by atoms with E-state index in [9.17, 15) is 4.79 Å². The second-order valence-corrected chi connectivity index (χ2v) is 4.47. The van der Waals surface area contributed by atoms with Crippen molar-refractivity contribution in [1.82, 2.24) is 15.5 Å². The van der Waals surface area contributed by atoms with E-state index < -0.39 is 0 Å². The lowest BCUT2D eigenvalue weighted by atomic mass is 10.2. The van der Waals surface area contributed by atoms with Crippen molar-refractivity contribution in [3.63, 3.8) is 0 Å². The van der Waals surface area contributed by atoms with Gasteiger partial charge in [-0.2, -0.15) is 0 Å². The van der Waals surface area contributed by atoms with Crippen LogP contribution in [0, 0.1) is 0 Å². The highest BCUT2D eigenvalue weighted by atomic mass is 16.5. The molecule has 0 saturated carbocycles. The van der Waals surface area contributed by atoms with E-state index >= 15 is 0 Å². The molecule has 3 heterocycles. The first-order valence-electron chi connectivity index (χ1n) is 6.46. The number of hydrogen-bond donors (Lipinski definition) is 1. The van der Waals surface area contributed by atoms with Crippen molar-refractivity contribution >= 4 is 5.91 Å². The average Bonchev–Trinajstić information content (AvgIpc) is 3.17. The maximum atomic E-state index is 11.8. The molecule has 0 aromatic carbocycles. The molecule has 1 N–H and O–H groups in total. The van der Waals surface area contributed by atoms with Crippen LogP contribution in [0.3, 0.4) is 0 Å². The van der Waals surface area contributed by atoms with Crippen molar-refractivity contribution in [1.29, 1.82) is 0 Å². The van der Waals surface area contributed by atoms with E-state index in [0.717, 1.165) is 5.56 Å². The lowest BCUT2D eigenvalue weighted by molar-refractivity contribution is -0.120. The van der Waals surface area contributed by atoms with E-state index in [0.29, 0.717) is 30.2 Å². The largest absolute Gasteiger partial charge is 0.461 e. The fourth-order valence-electron chi connectivity index (χ4n) is 1.87. The Labute approximate surface area is 120 Å². The number of carbonyl (C=O) groups is 1. The Hall–Kier alpha value is -2.89. The topological polar surface area (TPSA) is 81.2 Å². The van der Waals surface area contributed by atoms with Crippen LogP contribution in [0.4, 0.5) is 0 Å². The van der Waals surface area contributed by atoms with Crippen LogP contribution < -0.4 is 5.32 Å². The Morgan fingerprint density at radius 3 is 2.81 bits per heavy atom. The van der Waals surface area contributed by atoms with E-state index in [2.05, 4.69) is 15.5 Å².